The van der Waals surface area contributed by atoms with Gasteiger partial charge in [-0.25, -0.2) is 0 Å². The number of anilines is 1. The van der Waals surface area contributed by atoms with Crippen LogP contribution in [0, 0.1) is 0 Å². The molecule has 6 nitrogen and oxygen atoms in total. The predicted molar refractivity (Wildman–Crippen MR) is 72.8 cm³/mol. The van der Waals surface area contributed by atoms with Gasteiger partial charge in [0, 0.05) is 32.2 Å². The molecule has 0 bridgehead atoms. The number of rotatable bonds is 5. The third kappa shape index (κ3) is 3.31. The first kappa shape index (κ1) is 13.1. The minimum Gasteiger partial charge on any atom is -0.385 e. The highest BCUT2D eigenvalue weighted by molar-refractivity contribution is 5.99. The van der Waals surface area contributed by atoms with Crippen LogP contribution in [-0.2, 0) is 13.6 Å². The number of pyridine rings is 1. The molecule has 0 unspecified atom stereocenters. The summed E-state index contributed by atoms with van der Waals surface area (Å²) in [7, 11) is 1.84. The predicted octanol–water partition coefficient (Wildman–Crippen LogP) is 1.18. The van der Waals surface area contributed by atoms with E-state index in [-0.39, 0.29) is 5.91 Å². The normalized spacial score (nSPS) is 10.2. The van der Waals surface area contributed by atoms with Gasteiger partial charge in [0.25, 0.3) is 5.91 Å². The highest BCUT2D eigenvalue weighted by atomic mass is 16.1. The van der Waals surface area contributed by atoms with Crippen LogP contribution in [0.2, 0.25) is 0 Å². The van der Waals surface area contributed by atoms with E-state index < -0.39 is 0 Å². The van der Waals surface area contributed by atoms with E-state index in [1.54, 1.807) is 23.1 Å². The summed E-state index contributed by atoms with van der Waals surface area (Å²) in [6.07, 6.45) is 5.06. The number of carbonyl (C=O) groups excluding carboxylic acids is 1. The van der Waals surface area contributed by atoms with Gasteiger partial charge < -0.3 is 10.6 Å². The van der Waals surface area contributed by atoms with Gasteiger partial charge in [0.05, 0.1) is 23.5 Å². The molecule has 0 saturated heterocycles. The Hall–Kier alpha value is -2.37. The van der Waals surface area contributed by atoms with Crippen molar-refractivity contribution in [2.45, 2.75) is 13.5 Å². The van der Waals surface area contributed by atoms with Gasteiger partial charge in [0.15, 0.2) is 0 Å². The van der Waals surface area contributed by atoms with E-state index in [1.807, 2.05) is 26.2 Å². The second-order valence-electron chi connectivity index (χ2n) is 4.12. The second-order valence-corrected chi connectivity index (χ2v) is 4.12. The van der Waals surface area contributed by atoms with Crippen LogP contribution in [0.15, 0.2) is 30.7 Å². The summed E-state index contributed by atoms with van der Waals surface area (Å²) in [5.74, 6) is -0.158. The summed E-state index contributed by atoms with van der Waals surface area (Å²) < 4.78 is 1.70. The quantitative estimate of drug-likeness (QED) is 0.845. The Kier molecular flexibility index (Phi) is 4.12. The SMILES string of the molecule is CCNc1ccncc1C(=O)NCc1ccn(C)n1. The van der Waals surface area contributed by atoms with Crippen LogP contribution in [0.3, 0.4) is 0 Å². The number of hydrogen-bond donors (Lipinski definition) is 2. The molecule has 0 aliphatic heterocycles. The maximum Gasteiger partial charge on any atom is 0.255 e. The fraction of sp³-hybridized carbons (Fsp3) is 0.308. The zero-order valence-corrected chi connectivity index (χ0v) is 11.1. The number of aromatic nitrogens is 3. The molecule has 1 amide bonds. The van der Waals surface area contributed by atoms with Crippen molar-refractivity contribution in [3.8, 4) is 0 Å². The van der Waals surface area contributed by atoms with Crippen LogP contribution in [0.4, 0.5) is 5.69 Å². The van der Waals surface area contributed by atoms with E-state index in [1.165, 1.54) is 0 Å². The summed E-state index contributed by atoms with van der Waals surface area (Å²) in [4.78, 5) is 16.1. The Morgan fingerprint density at radius 3 is 2.95 bits per heavy atom. The summed E-state index contributed by atoms with van der Waals surface area (Å²) in [5, 5.41) is 10.2. The van der Waals surface area contributed by atoms with Crippen molar-refractivity contribution in [3.63, 3.8) is 0 Å². The van der Waals surface area contributed by atoms with Crippen LogP contribution in [-0.4, -0.2) is 27.2 Å². The monoisotopic (exact) mass is 259 g/mol. The Balaban J connectivity index is 2.03. The van der Waals surface area contributed by atoms with Crippen molar-refractivity contribution in [2.24, 2.45) is 7.05 Å². The van der Waals surface area contributed by atoms with Crippen molar-refractivity contribution in [3.05, 3.63) is 42.0 Å². The zero-order chi connectivity index (χ0) is 13.7. The molecule has 0 fully saturated rings. The second kappa shape index (κ2) is 5.99. The van der Waals surface area contributed by atoms with E-state index in [2.05, 4.69) is 20.7 Å². The number of amides is 1. The first-order valence-corrected chi connectivity index (χ1v) is 6.15. The molecule has 2 aromatic rings. The molecule has 0 saturated carbocycles. The molecule has 2 aromatic heterocycles. The van der Waals surface area contributed by atoms with E-state index in [4.69, 9.17) is 0 Å². The Bertz CT molecular complexity index is 564. The highest BCUT2D eigenvalue weighted by Gasteiger charge is 2.11. The number of hydrogen-bond acceptors (Lipinski definition) is 4. The fourth-order valence-electron chi connectivity index (χ4n) is 1.74. The minimum atomic E-state index is -0.158. The smallest absolute Gasteiger partial charge is 0.255 e. The van der Waals surface area contributed by atoms with Gasteiger partial charge in [-0.2, -0.15) is 5.10 Å². The number of nitrogens with zero attached hydrogens (tertiary/aromatic N) is 3. The third-order valence-corrected chi connectivity index (χ3v) is 2.63. The lowest BCUT2D eigenvalue weighted by Crippen LogP contribution is -2.24. The van der Waals surface area contributed by atoms with Crippen LogP contribution < -0.4 is 10.6 Å². The van der Waals surface area contributed by atoms with Crippen molar-refractivity contribution >= 4 is 11.6 Å². The molecule has 100 valence electrons. The molecule has 2 N–H and O–H groups in total. The topological polar surface area (TPSA) is 71.8 Å². The van der Waals surface area contributed by atoms with Gasteiger partial charge in [-0.15, -0.1) is 0 Å². The summed E-state index contributed by atoms with van der Waals surface area (Å²) in [6.45, 7) is 3.14. The van der Waals surface area contributed by atoms with Gasteiger partial charge in [0.2, 0.25) is 0 Å². The molecule has 0 aliphatic rings. The first-order chi connectivity index (χ1) is 9.20. The Labute approximate surface area is 111 Å². The number of aryl methyl sites for hydroxylation is 1. The van der Waals surface area contributed by atoms with Crippen LogP contribution >= 0.6 is 0 Å². The molecule has 19 heavy (non-hydrogen) atoms. The third-order valence-electron chi connectivity index (χ3n) is 2.63. The minimum absolute atomic E-state index is 0.158. The number of nitrogens with one attached hydrogen (secondary N) is 2. The van der Waals surface area contributed by atoms with Crippen LogP contribution in [0.5, 0.6) is 0 Å². The molecular weight excluding hydrogens is 242 g/mol. The zero-order valence-electron chi connectivity index (χ0n) is 11.1. The molecule has 0 atom stereocenters. The molecular formula is C13H17N5O. The Morgan fingerprint density at radius 1 is 1.42 bits per heavy atom. The van der Waals surface area contributed by atoms with Gasteiger partial charge in [-0.1, -0.05) is 0 Å². The molecule has 6 heteroatoms. The van der Waals surface area contributed by atoms with Gasteiger partial charge in [0.1, 0.15) is 0 Å². The molecule has 0 aliphatic carbocycles. The maximum absolute atomic E-state index is 12.1. The molecule has 0 spiro atoms. The van der Waals surface area contributed by atoms with E-state index in [9.17, 15) is 4.79 Å². The summed E-state index contributed by atoms with van der Waals surface area (Å²) >= 11 is 0. The largest absolute Gasteiger partial charge is 0.385 e. The highest BCUT2D eigenvalue weighted by Crippen LogP contribution is 2.13. The lowest BCUT2D eigenvalue weighted by molar-refractivity contribution is 0.0951. The lowest BCUT2D eigenvalue weighted by atomic mass is 10.2. The van der Waals surface area contributed by atoms with Crippen molar-refractivity contribution in [2.75, 3.05) is 11.9 Å². The molecule has 0 aromatic carbocycles. The standard InChI is InChI=1S/C13H17N5O/c1-3-15-12-4-6-14-9-11(12)13(19)16-8-10-5-7-18(2)17-10/h4-7,9H,3,8H2,1-2H3,(H,14,15)(H,16,19). The van der Waals surface area contributed by atoms with E-state index in [0.29, 0.717) is 12.1 Å². The maximum atomic E-state index is 12.1. The van der Waals surface area contributed by atoms with Gasteiger partial charge in [-0.3, -0.25) is 14.5 Å². The van der Waals surface area contributed by atoms with Gasteiger partial charge >= 0.3 is 0 Å². The molecule has 2 heterocycles. The molecule has 2 rings (SSSR count). The first-order valence-electron chi connectivity index (χ1n) is 6.15. The van der Waals surface area contributed by atoms with Crippen LogP contribution in [0.1, 0.15) is 23.0 Å². The fourth-order valence-corrected chi connectivity index (χ4v) is 1.74. The van der Waals surface area contributed by atoms with E-state index >= 15 is 0 Å². The van der Waals surface area contributed by atoms with Gasteiger partial charge in [-0.05, 0) is 19.1 Å². The van der Waals surface area contributed by atoms with Crippen molar-refractivity contribution in [1.82, 2.24) is 20.1 Å². The average molecular weight is 259 g/mol. The molecule has 0 radical (unpaired) electrons. The van der Waals surface area contributed by atoms with E-state index in [0.717, 1.165) is 17.9 Å². The average Bonchev–Trinajstić information content (AvgIpc) is 2.83. The summed E-state index contributed by atoms with van der Waals surface area (Å²) in [5.41, 5.74) is 2.15. The van der Waals surface area contributed by atoms with Crippen molar-refractivity contribution < 1.29 is 4.79 Å². The lowest BCUT2D eigenvalue weighted by Gasteiger charge is -2.09. The number of carbonyl (C=O) groups is 1. The Morgan fingerprint density at radius 2 is 2.26 bits per heavy atom. The van der Waals surface area contributed by atoms with Crippen molar-refractivity contribution in [1.29, 1.82) is 0 Å². The van der Waals surface area contributed by atoms with Crippen LogP contribution in [0.25, 0.3) is 0 Å². The summed E-state index contributed by atoms with van der Waals surface area (Å²) in [6, 6.07) is 3.66.